The van der Waals surface area contributed by atoms with Gasteiger partial charge >= 0.3 is 0 Å². The van der Waals surface area contributed by atoms with E-state index in [-0.39, 0.29) is 0 Å². The van der Waals surface area contributed by atoms with Gasteiger partial charge in [0.15, 0.2) is 0 Å². The molecule has 0 aliphatic carbocycles. The van der Waals surface area contributed by atoms with Crippen LogP contribution in [0.5, 0.6) is 0 Å². The second-order valence-electron chi connectivity index (χ2n) is 3.27. The van der Waals surface area contributed by atoms with Crippen LogP contribution in [0, 0.1) is 5.92 Å². The highest BCUT2D eigenvalue weighted by Crippen LogP contribution is 2.18. The summed E-state index contributed by atoms with van der Waals surface area (Å²) in [4.78, 5) is 3.95. The number of hydrogen-bond donors (Lipinski definition) is 0. The zero-order valence-electron chi connectivity index (χ0n) is 7.63. The lowest BCUT2D eigenvalue weighted by Crippen LogP contribution is -1.98. The zero-order chi connectivity index (χ0) is 9.68. The van der Waals surface area contributed by atoms with Crippen molar-refractivity contribution in [3.8, 4) is 0 Å². The van der Waals surface area contributed by atoms with Crippen molar-refractivity contribution in [1.29, 1.82) is 0 Å². The first kappa shape index (κ1) is 11.0. The molecule has 0 saturated carbocycles. The van der Waals surface area contributed by atoms with E-state index in [1.54, 1.807) is 12.4 Å². The first-order valence-corrected chi connectivity index (χ1v) is 5.88. The van der Waals surface area contributed by atoms with Crippen LogP contribution in [0.1, 0.15) is 18.9 Å². The monoisotopic (exact) mass is 261 g/mol. The van der Waals surface area contributed by atoms with Crippen LogP contribution >= 0.6 is 27.5 Å². The molecule has 1 heterocycles. The summed E-state index contributed by atoms with van der Waals surface area (Å²) in [6.45, 7) is 2.23. The molecule has 13 heavy (non-hydrogen) atoms. The van der Waals surface area contributed by atoms with E-state index < -0.39 is 0 Å². The Morgan fingerprint density at radius 1 is 1.62 bits per heavy atom. The fraction of sp³-hybridized carbons (Fsp3) is 0.500. The van der Waals surface area contributed by atoms with E-state index >= 15 is 0 Å². The van der Waals surface area contributed by atoms with E-state index in [4.69, 9.17) is 11.6 Å². The molecule has 0 aromatic carbocycles. The van der Waals surface area contributed by atoms with E-state index in [2.05, 4.69) is 27.8 Å². The van der Waals surface area contributed by atoms with Crippen LogP contribution in [0.25, 0.3) is 0 Å². The van der Waals surface area contributed by atoms with Gasteiger partial charge in [0.05, 0.1) is 5.02 Å². The summed E-state index contributed by atoms with van der Waals surface area (Å²) in [6, 6.07) is 1.99. The summed E-state index contributed by atoms with van der Waals surface area (Å²) in [7, 11) is 0. The standard InChI is InChI=1S/C10H13BrClN/c1-8(6-11)2-3-9-4-5-13-7-10(9)12/h4-5,7-8H,2-3,6H2,1H3. The molecule has 1 aromatic heterocycles. The smallest absolute Gasteiger partial charge is 0.0621 e. The molecule has 0 amide bonds. The Balaban J connectivity index is 2.50. The molecule has 1 atom stereocenters. The number of alkyl halides is 1. The van der Waals surface area contributed by atoms with Gasteiger partial charge < -0.3 is 0 Å². The van der Waals surface area contributed by atoms with Gasteiger partial charge in [0, 0.05) is 17.7 Å². The molecule has 0 saturated heterocycles. The van der Waals surface area contributed by atoms with Gasteiger partial charge in [-0.1, -0.05) is 34.5 Å². The number of halogens is 2. The Hall–Kier alpha value is -0.0800. The molecular formula is C10H13BrClN. The van der Waals surface area contributed by atoms with Gasteiger partial charge in [-0.05, 0) is 30.4 Å². The predicted octanol–water partition coefficient (Wildman–Crippen LogP) is 3.70. The highest BCUT2D eigenvalue weighted by Gasteiger charge is 2.03. The third kappa shape index (κ3) is 3.65. The predicted molar refractivity (Wildman–Crippen MR) is 60.5 cm³/mol. The van der Waals surface area contributed by atoms with Crippen molar-refractivity contribution in [1.82, 2.24) is 4.98 Å². The third-order valence-corrected chi connectivity index (χ3v) is 3.47. The second-order valence-corrected chi connectivity index (χ2v) is 4.32. The van der Waals surface area contributed by atoms with E-state index in [1.807, 2.05) is 6.07 Å². The molecule has 0 aliphatic heterocycles. The molecule has 1 nitrogen and oxygen atoms in total. The Kier molecular flexibility index (Phi) is 4.74. The van der Waals surface area contributed by atoms with Crippen molar-refractivity contribution in [3.05, 3.63) is 29.0 Å². The number of pyridine rings is 1. The molecule has 1 unspecified atom stereocenters. The van der Waals surface area contributed by atoms with Gasteiger partial charge in [0.25, 0.3) is 0 Å². The maximum atomic E-state index is 5.98. The summed E-state index contributed by atoms with van der Waals surface area (Å²) >= 11 is 9.44. The Labute approximate surface area is 92.6 Å². The molecule has 0 bridgehead atoms. The molecule has 0 radical (unpaired) electrons. The Morgan fingerprint density at radius 2 is 2.38 bits per heavy atom. The molecule has 72 valence electrons. The first-order valence-electron chi connectivity index (χ1n) is 4.38. The molecule has 0 spiro atoms. The lowest BCUT2D eigenvalue weighted by atomic mass is 10.0. The van der Waals surface area contributed by atoms with Gasteiger partial charge in [-0.25, -0.2) is 0 Å². The van der Waals surface area contributed by atoms with E-state index in [1.165, 1.54) is 5.56 Å². The van der Waals surface area contributed by atoms with E-state index in [0.29, 0.717) is 5.92 Å². The number of hydrogen-bond acceptors (Lipinski definition) is 1. The summed E-state index contributed by atoms with van der Waals surface area (Å²) in [6.07, 6.45) is 5.69. The number of nitrogens with zero attached hydrogens (tertiary/aromatic N) is 1. The van der Waals surface area contributed by atoms with Gasteiger partial charge in [-0.15, -0.1) is 0 Å². The fourth-order valence-electron chi connectivity index (χ4n) is 1.09. The van der Waals surface area contributed by atoms with Crippen molar-refractivity contribution in [3.63, 3.8) is 0 Å². The van der Waals surface area contributed by atoms with Gasteiger partial charge in [-0.3, -0.25) is 4.98 Å². The van der Waals surface area contributed by atoms with Crippen molar-refractivity contribution >= 4 is 27.5 Å². The topological polar surface area (TPSA) is 12.9 Å². The molecule has 1 aromatic rings. The molecule has 3 heteroatoms. The highest BCUT2D eigenvalue weighted by molar-refractivity contribution is 9.09. The van der Waals surface area contributed by atoms with Crippen molar-refractivity contribution in [2.75, 3.05) is 5.33 Å². The quantitative estimate of drug-likeness (QED) is 0.754. The SMILES string of the molecule is CC(CBr)CCc1ccncc1Cl. The summed E-state index contributed by atoms with van der Waals surface area (Å²) < 4.78 is 0. The van der Waals surface area contributed by atoms with Crippen LogP contribution in [0.15, 0.2) is 18.5 Å². The van der Waals surface area contributed by atoms with Crippen molar-refractivity contribution < 1.29 is 0 Å². The van der Waals surface area contributed by atoms with Gasteiger partial charge in [0.2, 0.25) is 0 Å². The lowest BCUT2D eigenvalue weighted by molar-refractivity contribution is 0.599. The Bertz CT molecular complexity index is 265. The number of rotatable bonds is 4. The van der Waals surface area contributed by atoms with Crippen LogP contribution in [0.4, 0.5) is 0 Å². The van der Waals surface area contributed by atoms with Gasteiger partial charge in [0.1, 0.15) is 0 Å². The van der Waals surface area contributed by atoms with Crippen molar-refractivity contribution in [2.24, 2.45) is 5.92 Å². The van der Waals surface area contributed by atoms with Crippen LogP contribution in [0.2, 0.25) is 5.02 Å². The molecule has 0 aliphatic rings. The molecule has 1 rings (SSSR count). The first-order chi connectivity index (χ1) is 6.24. The summed E-state index contributed by atoms with van der Waals surface area (Å²) in [5, 5.41) is 1.83. The van der Waals surface area contributed by atoms with Crippen molar-refractivity contribution in [2.45, 2.75) is 19.8 Å². The minimum atomic E-state index is 0.698. The largest absolute Gasteiger partial charge is 0.263 e. The minimum absolute atomic E-state index is 0.698. The van der Waals surface area contributed by atoms with Crippen LogP contribution in [-0.2, 0) is 6.42 Å². The number of aromatic nitrogens is 1. The second kappa shape index (κ2) is 5.61. The number of aryl methyl sites for hydroxylation is 1. The highest BCUT2D eigenvalue weighted by atomic mass is 79.9. The average Bonchev–Trinajstić information content (AvgIpc) is 2.16. The lowest BCUT2D eigenvalue weighted by Gasteiger charge is -2.07. The maximum absolute atomic E-state index is 5.98. The molecule has 0 fully saturated rings. The van der Waals surface area contributed by atoms with Crippen LogP contribution in [-0.4, -0.2) is 10.3 Å². The third-order valence-electron chi connectivity index (χ3n) is 2.03. The van der Waals surface area contributed by atoms with Crippen LogP contribution in [0.3, 0.4) is 0 Å². The summed E-state index contributed by atoms with van der Waals surface area (Å²) in [5.41, 5.74) is 1.20. The van der Waals surface area contributed by atoms with Crippen LogP contribution < -0.4 is 0 Å². The van der Waals surface area contributed by atoms with E-state index in [9.17, 15) is 0 Å². The minimum Gasteiger partial charge on any atom is -0.263 e. The summed E-state index contributed by atoms with van der Waals surface area (Å²) in [5.74, 6) is 0.698. The molecular weight excluding hydrogens is 249 g/mol. The maximum Gasteiger partial charge on any atom is 0.0621 e. The fourth-order valence-corrected chi connectivity index (χ4v) is 1.62. The zero-order valence-corrected chi connectivity index (χ0v) is 9.98. The normalized spacial score (nSPS) is 12.8. The van der Waals surface area contributed by atoms with E-state index in [0.717, 1.165) is 23.2 Å². The van der Waals surface area contributed by atoms with Gasteiger partial charge in [-0.2, -0.15) is 0 Å². The molecule has 0 N–H and O–H groups in total. The average molecular weight is 263 g/mol. The Morgan fingerprint density at radius 3 is 3.00 bits per heavy atom.